The highest BCUT2D eigenvalue weighted by atomic mass is 32.2. The maximum Gasteiger partial charge on any atom is 0.210 e. The molecular formula is C36H50FN5O4S2. The SMILES string of the molecule is CCN1CCC(N2CCN(C3CCN(c4c(S(=O)(=O)c5ccc(OC(C)(C)C)c(F)c5)cnc5ccc([S+](C)[O-])cc45)CC3)CC2)CC1. The van der Waals surface area contributed by atoms with Crippen molar-refractivity contribution in [3.8, 4) is 5.75 Å². The van der Waals surface area contributed by atoms with Crippen molar-refractivity contribution in [1.29, 1.82) is 0 Å². The number of hydrogen-bond donors (Lipinski definition) is 0. The third-order valence-electron chi connectivity index (χ3n) is 10.2. The molecule has 262 valence electrons. The van der Waals surface area contributed by atoms with E-state index >= 15 is 4.39 Å². The maximum atomic E-state index is 15.2. The van der Waals surface area contributed by atoms with Gasteiger partial charge in [-0.15, -0.1) is 0 Å². The second-order valence-electron chi connectivity index (χ2n) is 14.4. The lowest BCUT2D eigenvalue weighted by Gasteiger charge is -2.46. The molecule has 0 saturated carbocycles. The van der Waals surface area contributed by atoms with Crippen LogP contribution in [-0.4, -0.2) is 115 Å². The molecule has 0 amide bonds. The second kappa shape index (κ2) is 14.4. The highest BCUT2D eigenvalue weighted by Gasteiger charge is 2.34. The lowest BCUT2D eigenvalue weighted by molar-refractivity contribution is 0.0384. The summed E-state index contributed by atoms with van der Waals surface area (Å²) in [5.41, 5.74) is 0.533. The third kappa shape index (κ3) is 7.63. The molecule has 1 aromatic heterocycles. The molecular weight excluding hydrogens is 650 g/mol. The van der Waals surface area contributed by atoms with Gasteiger partial charge >= 0.3 is 0 Å². The summed E-state index contributed by atoms with van der Waals surface area (Å²) < 4.78 is 61.9. The normalized spacial score (nSPS) is 20.8. The number of rotatable bonds is 8. The van der Waals surface area contributed by atoms with E-state index in [9.17, 15) is 13.0 Å². The first-order chi connectivity index (χ1) is 22.8. The number of hydrogen-bond acceptors (Lipinski definition) is 9. The van der Waals surface area contributed by atoms with E-state index in [2.05, 4.69) is 31.5 Å². The number of ether oxygens (including phenoxy) is 1. The Kier molecular flexibility index (Phi) is 10.6. The van der Waals surface area contributed by atoms with Gasteiger partial charge in [0.2, 0.25) is 9.84 Å². The van der Waals surface area contributed by atoms with Crippen LogP contribution in [0.1, 0.15) is 53.4 Å². The van der Waals surface area contributed by atoms with E-state index in [-0.39, 0.29) is 15.5 Å². The van der Waals surface area contributed by atoms with Crippen LogP contribution in [0.3, 0.4) is 0 Å². The van der Waals surface area contributed by atoms with Gasteiger partial charge in [0.05, 0.1) is 16.1 Å². The summed E-state index contributed by atoms with van der Waals surface area (Å²) in [5.74, 6) is -0.740. The number of likely N-dealkylation sites (tertiary alicyclic amines) is 1. The molecule has 0 bridgehead atoms. The van der Waals surface area contributed by atoms with Crippen molar-refractivity contribution in [1.82, 2.24) is 19.7 Å². The van der Waals surface area contributed by atoms with Crippen molar-refractivity contribution in [3.63, 3.8) is 0 Å². The fourth-order valence-electron chi connectivity index (χ4n) is 7.55. The average molecular weight is 700 g/mol. The number of sulfone groups is 1. The summed E-state index contributed by atoms with van der Waals surface area (Å²) in [6.07, 6.45) is 7.33. The predicted octanol–water partition coefficient (Wildman–Crippen LogP) is 5.19. The van der Waals surface area contributed by atoms with Gasteiger partial charge in [-0.05, 0) is 108 Å². The number of nitrogens with zero attached hydrogens (tertiary/aromatic N) is 5. The van der Waals surface area contributed by atoms with Gasteiger partial charge in [0.25, 0.3) is 0 Å². The van der Waals surface area contributed by atoms with Gasteiger partial charge in [-0.25, -0.2) is 12.8 Å². The number of piperazine rings is 1. The Morgan fingerprint density at radius 3 is 2.06 bits per heavy atom. The van der Waals surface area contributed by atoms with Crippen LogP contribution < -0.4 is 9.64 Å². The summed E-state index contributed by atoms with van der Waals surface area (Å²) in [6, 6.07) is 10.3. The Labute approximate surface area is 288 Å². The minimum absolute atomic E-state index is 0.00170. The highest BCUT2D eigenvalue weighted by Crippen LogP contribution is 2.39. The molecule has 6 rings (SSSR count). The summed E-state index contributed by atoms with van der Waals surface area (Å²) >= 11 is -1.27. The summed E-state index contributed by atoms with van der Waals surface area (Å²) in [7, 11) is -4.18. The van der Waals surface area contributed by atoms with Crippen LogP contribution in [0, 0.1) is 5.82 Å². The van der Waals surface area contributed by atoms with Crippen molar-refractivity contribution < 1.29 is 22.1 Å². The molecule has 0 radical (unpaired) electrons. The third-order valence-corrected chi connectivity index (χ3v) is 12.9. The topological polar surface area (TPSA) is 92.3 Å². The monoisotopic (exact) mass is 699 g/mol. The Morgan fingerprint density at radius 2 is 1.52 bits per heavy atom. The lowest BCUT2D eigenvalue weighted by Crippen LogP contribution is -2.56. The van der Waals surface area contributed by atoms with Crippen LogP contribution in [0.4, 0.5) is 10.1 Å². The second-order valence-corrected chi connectivity index (χ2v) is 17.7. The number of fused-ring (bicyclic) bond motifs is 1. The molecule has 1 atom stereocenters. The maximum absolute atomic E-state index is 15.2. The molecule has 0 spiro atoms. The van der Waals surface area contributed by atoms with Crippen LogP contribution in [0.25, 0.3) is 10.9 Å². The predicted molar refractivity (Wildman–Crippen MR) is 190 cm³/mol. The molecule has 3 aliphatic heterocycles. The molecule has 48 heavy (non-hydrogen) atoms. The van der Waals surface area contributed by atoms with E-state index in [1.54, 1.807) is 24.5 Å². The number of benzene rings is 2. The van der Waals surface area contributed by atoms with E-state index < -0.39 is 32.4 Å². The van der Waals surface area contributed by atoms with Gasteiger partial charge in [0, 0.05) is 69.0 Å². The standard InChI is InChI=1S/C36H50FN5O4S2/c1-6-39-15-11-26(12-16-39)40-19-21-41(22-20-40)27-13-17-42(18-14-27)35-30-23-28(47(5)43)7-9-32(30)38-25-34(35)48(44,45)29-8-10-33(31(37)24-29)46-36(2,3)4/h7-10,23-27H,6,11-22H2,1-5H3. The van der Waals surface area contributed by atoms with Gasteiger partial charge in [-0.2, -0.15) is 0 Å². The quantitative estimate of drug-likeness (QED) is 0.295. The molecule has 3 fully saturated rings. The Morgan fingerprint density at radius 1 is 0.917 bits per heavy atom. The van der Waals surface area contributed by atoms with Crippen LogP contribution in [-0.2, 0) is 21.0 Å². The minimum atomic E-state index is -4.18. The molecule has 9 nitrogen and oxygen atoms in total. The average Bonchev–Trinajstić information content (AvgIpc) is 3.08. The Balaban J connectivity index is 1.23. The van der Waals surface area contributed by atoms with Gasteiger partial charge in [-0.3, -0.25) is 14.8 Å². The van der Waals surface area contributed by atoms with E-state index in [1.807, 2.05) is 20.8 Å². The van der Waals surface area contributed by atoms with E-state index in [1.165, 1.54) is 44.3 Å². The fourth-order valence-corrected chi connectivity index (χ4v) is 9.54. The molecule has 2 aromatic carbocycles. The van der Waals surface area contributed by atoms with Crippen molar-refractivity contribution in [2.24, 2.45) is 0 Å². The van der Waals surface area contributed by atoms with Crippen LogP contribution >= 0.6 is 0 Å². The fraction of sp³-hybridized carbons (Fsp3) is 0.583. The molecule has 0 N–H and O–H groups in total. The van der Waals surface area contributed by atoms with E-state index in [0.717, 1.165) is 51.6 Å². The first kappa shape index (κ1) is 35.3. The summed E-state index contributed by atoms with van der Waals surface area (Å²) in [5, 5.41) is 0.637. The van der Waals surface area contributed by atoms with Gasteiger partial charge in [0.15, 0.2) is 16.5 Å². The number of anilines is 1. The zero-order valence-electron chi connectivity index (χ0n) is 29.0. The molecule has 3 aromatic rings. The van der Waals surface area contributed by atoms with Gasteiger partial charge in [-0.1, -0.05) is 6.92 Å². The van der Waals surface area contributed by atoms with Crippen molar-refractivity contribution in [2.45, 2.75) is 85.7 Å². The number of pyridine rings is 1. The van der Waals surface area contributed by atoms with Crippen LogP contribution in [0.15, 0.2) is 57.3 Å². The van der Waals surface area contributed by atoms with Crippen molar-refractivity contribution in [2.75, 3.05) is 70.1 Å². The smallest absolute Gasteiger partial charge is 0.210 e. The van der Waals surface area contributed by atoms with Crippen molar-refractivity contribution >= 4 is 37.6 Å². The van der Waals surface area contributed by atoms with Gasteiger partial charge < -0.3 is 19.1 Å². The van der Waals surface area contributed by atoms with Crippen LogP contribution in [0.5, 0.6) is 5.75 Å². The Hall–Kier alpha value is -2.48. The summed E-state index contributed by atoms with van der Waals surface area (Å²) in [6.45, 7) is 16.9. The molecule has 3 aliphatic rings. The number of piperidine rings is 2. The highest BCUT2D eigenvalue weighted by molar-refractivity contribution is 7.91. The molecule has 12 heteroatoms. The molecule has 1 unspecified atom stereocenters. The zero-order valence-corrected chi connectivity index (χ0v) is 30.6. The number of aromatic nitrogens is 1. The van der Waals surface area contributed by atoms with E-state index in [0.29, 0.717) is 46.7 Å². The number of halogens is 1. The molecule has 0 aliphatic carbocycles. The van der Waals surface area contributed by atoms with E-state index in [4.69, 9.17) is 4.74 Å². The first-order valence-corrected chi connectivity index (χ1v) is 20.3. The van der Waals surface area contributed by atoms with Crippen molar-refractivity contribution in [3.05, 3.63) is 48.4 Å². The minimum Gasteiger partial charge on any atom is -0.612 e. The molecule has 4 heterocycles. The zero-order chi connectivity index (χ0) is 34.2. The molecule has 3 saturated heterocycles. The first-order valence-electron chi connectivity index (χ1n) is 17.3. The Bertz CT molecular complexity index is 1690. The largest absolute Gasteiger partial charge is 0.612 e. The van der Waals surface area contributed by atoms with Gasteiger partial charge in [0.1, 0.15) is 16.8 Å². The summed E-state index contributed by atoms with van der Waals surface area (Å²) in [4.78, 5) is 15.0. The van der Waals surface area contributed by atoms with Crippen LogP contribution in [0.2, 0.25) is 0 Å². The lowest BCUT2D eigenvalue weighted by atomic mass is 9.99.